The standard InChI is InChI=1S/C10H17ClO2/c1-7-4-8(13-9(11)12)6-10(2,3)5-7/h7-8H,4-6H2,1-3H3/t7-,8-/m1/s1. The van der Waals surface area contributed by atoms with Gasteiger partial charge in [-0.05, 0) is 30.6 Å². The van der Waals surface area contributed by atoms with Crippen molar-refractivity contribution in [3.63, 3.8) is 0 Å². The van der Waals surface area contributed by atoms with E-state index in [9.17, 15) is 4.79 Å². The number of carbonyl (C=O) groups is 1. The Morgan fingerprint density at radius 2 is 2.08 bits per heavy atom. The van der Waals surface area contributed by atoms with E-state index in [1.54, 1.807) is 0 Å². The van der Waals surface area contributed by atoms with Crippen molar-refractivity contribution in [3.8, 4) is 0 Å². The van der Waals surface area contributed by atoms with Gasteiger partial charge in [0.2, 0.25) is 0 Å². The minimum atomic E-state index is -0.671. The third kappa shape index (κ3) is 3.55. The first-order valence-electron chi connectivity index (χ1n) is 4.75. The van der Waals surface area contributed by atoms with Gasteiger partial charge in [0, 0.05) is 11.6 Å². The zero-order valence-electron chi connectivity index (χ0n) is 8.47. The summed E-state index contributed by atoms with van der Waals surface area (Å²) < 4.78 is 5.02. The Labute approximate surface area is 84.6 Å². The molecular weight excluding hydrogens is 188 g/mol. The van der Waals surface area contributed by atoms with Crippen LogP contribution in [0.1, 0.15) is 40.0 Å². The highest BCUT2D eigenvalue weighted by molar-refractivity contribution is 6.61. The lowest BCUT2D eigenvalue weighted by Gasteiger charge is -2.37. The van der Waals surface area contributed by atoms with Crippen LogP contribution in [0.3, 0.4) is 0 Å². The molecule has 0 amide bonds. The topological polar surface area (TPSA) is 26.3 Å². The van der Waals surface area contributed by atoms with Crippen molar-refractivity contribution in [2.45, 2.75) is 46.1 Å². The maximum atomic E-state index is 10.6. The minimum Gasteiger partial charge on any atom is -0.450 e. The van der Waals surface area contributed by atoms with Crippen LogP contribution in [0.25, 0.3) is 0 Å². The highest BCUT2D eigenvalue weighted by Crippen LogP contribution is 2.39. The van der Waals surface area contributed by atoms with Gasteiger partial charge in [-0.15, -0.1) is 0 Å². The molecule has 1 rings (SSSR count). The molecule has 0 aromatic heterocycles. The van der Waals surface area contributed by atoms with Crippen LogP contribution >= 0.6 is 11.6 Å². The van der Waals surface area contributed by atoms with Crippen LogP contribution in [-0.4, -0.2) is 11.5 Å². The Kier molecular flexibility index (Phi) is 3.23. The lowest BCUT2D eigenvalue weighted by molar-refractivity contribution is 0.0301. The molecule has 0 aromatic rings. The molecule has 2 atom stereocenters. The van der Waals surface area contributed by atoms with Gasteiger partial charge in [-0.2, -0.15) is 0 Å². The van der Waals surface area contributed by atoms with Crippen molar-refractivity contribution >= 4 is 17.0 Å². The lowest BCUT2D eigenvalue weighted by atomic mass is 9.71. The molecule has 0 unspecified atom stereocenters. The summed E-state index contributed by atoms with van der Waals surface area (Å²) in [6, 6.07) is 0. The van der Waals surface area contributed by atoms with Crippen LogP contribution in [0.5, 0.6) is 0 Å². The summed E-state index contributed by atoms with van der Waals surface area (Å²) in [5, 5.41) is 0. The molecule has 0 radical (unpaired) electrons. The predicted octanol–water partition coefficient (Wildman–Crippen LogP) is 3.58. The first kappa shape index (κ1) is 10.8. The van der Waals surface area contributed by atoms with Gasteiger partial charge in [-0.1, -0.05) is 20.8 Å². The maximum absolute atomic E-state index is 10.6. The Hall–Kier alpha value is -0.240. The van der Waals surface area contributed by atoms with Gasteiger partial charge in [0.15, 0.2) is 0 Å². The highest BCUT2D eigenvalue weighted by atomic mass is 35.5. The number of carbonyl (C=O) groups excluding carboxylic acids is 1. The summed E-state index contributed by atoms with van der Waals surface area (Å²) in [5.41, 5.74) is -0.399. The molecule has 0 spiro atoms. The van der Waals surface area contributed by atoms with Crippen LogP contribution in [0, 0.1) is 11.3 Å². The predicted molar refractivity (Wildman–Crippen MR) is 52.9 cm³/mol. The molecule has 0 N–H and O–H groups in total. The van der Waals surface area contributed by atoms with Gasteiger partial charge in [0.1, 0.15) is 6.10 Å². The summed E-state index contributed by atoms with van der Waals surface area (Å²) in [6.07, 6.45) is 3.09. The average Bonchev–Trinajstić information content (AvgIpc) is 1.78. The van der Waals surface area contributed by atoms with Crippen molar-refractivity contribution in [1.82, 2.24) is 0 Å². The zero-order chi connectivity index (χ0) is 10.1. The highest BCUT2D eigenvalue weighted by Gasteiger charge is 2.33. The number of rotatable bonds is 1. The van der Waals surface area contributed by atoms with E-state index in [1.807, 2.05) is 0 Å². The third-order valence-electron chi connectivity index (χ3n) is 2.61. The van der Waals surface area contributed by atoms with E-state index in [4.69, 9.17) is 16.3 Å². The van der Waals surface area contributed by atoms with E-state index in [0.29, 0.717) is 5.92 Å². The van der Waals surface area contributed by atoms with Crippen molar-refractivity contribution in [3.05, 3.63) is 0 Å². The van der Waals surface area contributed by atoms with Crippen LogP contribution in [0.2, 0.25) is 0 Å². The number of ether oxygens (including phenoxy) is 1. The fraction of sp³-hybridized carbons (Fsp3) is 0.900. The van der Waals surface area contributed by atoms with Crippen molar-refractivity contribution in [1.29, 1.82) is 0 Å². The molecule has 3 heteroatoms. The molecule has 2 nitrogen and oxygen atoms in total. The maximum Gasteiger partial charge on any atom is 0.404 e. The molecule has 0 heterocycles. The van der Waals surface area contributed by atoms with Gasteiger partial charge in [0.25, 0.3) is 0 Å². The van der Waals surface area contributed by atoms with Gasteiger partial charge in [0.05, 0.1) is 0 Å². The summed E-state index contributed by atoms with van der Waals surface area (Å²) >= 11 is 5.19. The quantitative estimate of drug-likeness (QED) is 0.611. The summed E-state index contributed by atoms with van der Waals surface area (Å²) in [6.45, 7) is 6.60. The largest absolute Gasteiger partial charge is 0.450 e. The fourth-order valence-electron chi connectivity index (χ4n) is 2.48. The summed E-state index contributed by atoms with van der Waals surface area (Å²) in [5.74, 6) is 0.616. The summed E-state index contributed by atoms with van der Waals surface area (Å²) in [4.78, 5) is 10.6. The first-order valence-corrected chi connectivity index (χ1v) is 5.13. The monoisotopic (exact) mass is 204 g/mol. The third-order valence-corrected chi connectivity index (χ3v) is 2.69. The lowest BCUT2D eigenvalue weighted by Crippen LogP contribution is -2.33. The minimum absolute atomic E-state index is 0.0174. The molecule has 0 saturated heterocycles. The normalized spacial score (nSPS) is 32.6. The Morgan fingerprint density at radius 3 is 2.54 bits per heavy atom. The van der Waals surface area contributed by atoms with Gasteiger partial charge < -0.3 is 4.74 Å². The Morgan fingerprint density at radius 1 is 1.46 bits per heavy atom. The molecule has 0 aromatic carbocycles. The molecule has 0 bridgehead atoms. The molecular formula is C10H17ClO2. The molecule has 1 aliphatic rings. The molecule has 1 fully saturated rings. The SMILES string of the molecule is C[C@@H]1C[C@@H](OC(=O)Cl)CC(C)(C)C1. The number of halogens is 1. The smallest absolute Gasteiger partial charge is 0.404 e. The van der Waals surface area contributed by atoms with E-state index in [0.717, 1.165) is 12.8 Å². The second kappa shape index (κ2) is 3.87. The van der Waals surface area contributed by atoms with Crippen LogP contribution in [0.4, 0.5) is 4.79 Å². The van der Waals surface area contributed by atoms with E-state index in [2.05, 4.69) is 20.8 Å². The first-order chi connectivity index (χ1) is 5.89. The van der Waals surface area contributed by atoms with Gasteiger partial charge in [-0.3, -0.25) is 0 Å². The molecule has 76 valence electrons. The Bertz CT molecular complexity index is 201. The zero-order valence-corrected chi connectivity index (χ0v) is 9.23. The summed E-state index contributed by atoms with van der Waals surface area (Å²) in [7, 11) is 0. The van der Waals surface area contributed by atoms with E-state index >= 15 is 0 Å². The molecule has 13 heavy (non-hydrogen) atoms. The van der Waals surface area contributed by atoms with Crippen LogP contribution in [-0.2, 0) is 4.74 Å². The second-order valence-corrected chi connectivity index (χ2v) is 5.20. The van der Waals surface area contributed by atoms with Crippen molar-refractivity contribution in [2.75, 3.05) is 0 Å². The molecule has 0 aliphatic heterocycles. The molecule has 1 aliphatic carbocycles. The van der Waals surface area contributed by atoms with Gasteiger partial charge in [-0.25, -0.2) is 4.79 Å². The van der Waals surface area contributed by atoms with E-state index < -0.39 is 5.43 Å². The van der Waals surface area contributed by atoms with Crippen molar-refractivity contribution in [2.24, 2.45) is 11.3 Å². The number of hydrogen-bond donors (Lipinski definition) is 0. The van der Waals surface area contributed by atoms with Crippen LogP contribution in [0.15, 0.2) is 0 Å². The Balaban J connectivity index is 2.52. The van der Waals surface area contributed by atoms with Crippen LogP contribution < -0.4 is 0 Å². The van der Waals surface area contributed by atoms with Crippen molar-refractivity contribution < 1.29 is 9.53 Å². The van der Waals surface area contributed by atoms with Gasteiger partial charge >= 0.3 is 5.43 Å². The van der Waals surface area contributed by atoms with E-state index in [-0.39, 0.29) is 11.5 Å². The second-order valence-electron chi connectivity index (χ2n) is 4.89. The molecule has 1 saturated carbocycles. The fourth-order valence-corrected chi connectivity index (χ4v) is 2.61. The number of hydrogen-bond acceptors (Lipinski definition) is 2. The average molecular weight is 205 g/mol. The van der Waals surface area contributed by atoms with E-state index in [1.165, 1.54) is 6.42 Å².